The first-order valence-electron chi connectivity index (χ1n) is 7.16. The molecule has 0 amide bonds. The fraction of sp³-hybridized carbons (Fsp3) is 0.533. The first kappa shape index (κ1) is 19.5. The largest absolute Gasteiger partial charge is 0.493 e. The van der Waals surface area contributed by atoms with Gasteiger partial charge < -0.3 is 23.3 Å². The van der Waals surface area contributed by atoms with Gasteiger partial charge in [-0.15, -0.1) is 0 Å². The SMILES string of the molecule is CCOP(=O)(CC(=O)c1ccc(OC)c(OC)c1OC)OCC. The zero-order valence-electron chi connectivity index (χ0n) is 14.1. The molecule has 7 nitrogen and oxygen atoms in total. The summed E-state index contributed by atoms with van der Waals surface area (Å²) in [6.45, 7) is 3.75. The molecular formula is C15H23O7P. The van der Waals surface area contributed by atoms with E-state index >= 15 is 0 Å². The monoisotopic (exact) mass is 346 g/mol. The third kappa shape index (κ3) is 4.70. The van der Waals surface area contributed by atoms with Gasteiger partial charge in [0.15, 0.2) is 17.3 Å². The van der Waals surface area contributed by atoms with Crippen molar-refractivity contribution in [1.29, 1.82) is 0 Å². The molecule has 1 aromatic rings. The average molecular weight is 346 g/mol. The lowest BCUT2D eigenvalue weighted by Crippen LogP contribution is -2.12. The Morgan fingerprint density at radius 2 is 1.52 bits per heavy atom. The third-order valence-electron chi connectivity index (χ3n) is 2.99. The highest BCUT2D eigenvalue weighted by atomic mass is 31.2. The van der Waals surface area contributed by atoms with Crippen molar-refractivity contribution in [1.82, 2.24) is 0 Å². The summed E-state index contributed by atoms with van der Waals surface area (Å²) in [5.41, 5.74) is 0.227. The highest BCUT2D eigenvalue weighted by Crippen LogP contribution is 2.49. The van der Waals surface area contributed by atoms with Crippen LogP contribution in [0.1, 0.15) is 24.2 Å². The molecule has 0 bridgehead atoms. The number of carbonyl (C=O) groups excluding carboxylic acids is 1. The van der Waals surface area contributed by atoms with Gasteiger partial charge in [-0.25, -0.2) is 0 Å². The van der Waals surface area contributed by atoms with Crippen molar-refractivity contribution in [3.63, 3.8) is 0 Å². The zero-order chi connectivity index (χ0) is 17.5. The number of hydrogen-bond donors (Lipinski definition) is 0. The Hall–Kier alpha value is -1.56. The molecule has 0 saturated carbocycles. The Kier molecular flexibility index (Phi) is 7.55. The summed E-state index contributed by atoms with van der Waals surface area (Å²) < 4.78 is 38.5. The van der Waals surface area contributed by atoms with Gasteiger partial charge in [0.25, 0.3) is 0 Å². The first-order chi connectivity index (χ1) is 11.0. The van der Waals surface area contributed by atoms with Crippen molar-refractivity contribution in [2.75, 3.05) is 40.7 Å². The predicted molar refractivity (Wildman–Crippen MR) is 86.2 cm³/mol. The molecule has 0 heterocycles. The van der Waals surface area contributed by atoms with Crippen LogP contribution >= 0.6 is 7.60 Å². The summed E-state index contributed by atoms with van der Waals surface area (Å²) in [7, 11) is 0.852. The molecule has 0 aliphatic rings. The van der Waals surface area contributed by atoms with Crippen LogP contribution in [0.4, 0.5) is 0 Å². The van der Waals surface area contributed by atoms with Gasteiger partial charge in [-0.05, 0) is 26.0 Å². The molecule has 1 aromatic carbocycles. The topological polar surface area (TPSA) is 80.3 Å². The molecule has 0 spiro atoms. The second-order valence-corrected chi connectivity index (χ2v) is 6.46. The highest BCUT2D eigenvalue weighted by Gasteiger charge is 2.30. The van der Waals surface area contributed by atoms with E-state index in [-0.39, 0.29) is 30.7 Å². The minimum atomic E-state index is -3.49. The summed E-state index contributed by atoms with van der Waals surface area (Å²) in [5, 5.41) is 0. The van der Waals surface area contributed by atoms with Crippen molar-refractivity contribution in [2.24, 2.45) is 0 Å². The molecule has 0 radical (unpaired) electrons. The molecule has 1 rings (SSSR count). The number of Topliss-reactive ketones (excluding diaryl/α,β-unsaturated/α-hetero) is 1. The van der Waals surface area contributed by atoms with E-state index in [1.807, 2.05) is 0 Å². The normalized spacial score (nSPS) is 11.2. The van der Waals surface area contributed by atoms with Gasteiger partial charge in [0.2, 0.25) is 5.75 Å². The zero-order valence-corrected chi connectivity index (χ0v) is 15.0. The molecule has 0 atom stereocenters. The highest BCUT2D eigenvalue weighted by molar-refractivity contribution is 7.54. The molecule has 0 aliphatic heterocycles. The lowest BCUT2D eigenvalue weighted by molar-refractivity contribution is 0.100. The third-order valence-corrected chi connectivity index (χ3v) is 4.97. The van der Waals surface area contributed by atoms with Crippen molar-refractivity contribution >= 4 is 13.4 Å². The van der Waals surface area contributed by atoms with E-state index in [2.05, 4.69) is 0 Å². The van der Waals surface area contributed by atoms with E-state index in [0.29, 0.717) is 11.5 Å². The Morgan fingerprint density at radius 1 is 0.957 bits per heavy atom. The van der Waals surface area contributed by atoms with Crippen molar-refractivity contribution in [3.8, 4) is 17.2 Å². The summed E-state index contributed by atoms with van der Waals surface area (Å²) in [6, 6.07) is 3.12. The van der Waals surface area contributed by atoms with Crippen LogP contribution in [-0.2, 0) is 13.6 Å². The van der Waals surface area contributed by atoms with Crippen LogP contribution in [-0.4, -0.2) is 46.5 Å². The Morgan fingerprint density at radius 3 is 1.96 bits per heavy atom. The van der Waals surface area contributed by atoms with Gasteiger partial charge in [-0.3, -0.25) is 9.36 Å². The molecule has 0 unspecified atom stereocenters. The predicted octanol–water partition coefficient (Wildman–Crippen LogP) is 3.16. The maximum absolute atomic E-state index is 12.5. The maximum Gasteiger partial charge on any atom is 0.338 e. The lowest BCUT2D eigenvalue weighted by Gasteiger charge is -2.18. The molecule has 0 aliphatic carbocycles. The number of rotatable bonds is 10. The molecular weight excluding hydrogens is 323 g/mol. The van der Waals surface area contributed by atoms with E-state index in [9.17, 15) is 9.36 Å². The van der Waals surface area contributed by atoms with E-state index in [4.69, 9.17) is 23.3 Å². The molecule has 0 N–H and O–H groups in total. The number of benzene rings is 1. The minimum absolute atomic E-state index is 0.188. The lowest BCUT2D eigenvalue weighted by atomic mass is 10.1. The van der Waals surface area contributed by atoms with Gasteiger partial charge in [0.1, 0.15) is 6.16 Å². The Bertz CT molecular complexity index is 575. The number of ether oxygens (including phenoxy) is 3. The fourth-order valence-electron chi connectivity index (χ4n) is 2.10. The molecule has 8 heteroatoms. The minimum Gasteiger partial charge on any atom is -0.493 e. The molecule has 0 fully saturated rings. The summed E-state index contributed by atoms with van der Waals surface area (Å²) >= 11 is 0. The first-order valence-corrected chi connectivity index (χ1v) is 8.89. The number of methoxy groups -OCH3 is 3. The van der Waals surface area contributed by atoms with E-state index in [1.165, 1.54) is 27.4 Å². The second kappa shape index (κ2) is 8.91. The Labute approximate surface area is 136 Å². The van der Waals surface area contributed by atoms with Gasteiger partial charge >= 0.3 is 7.60 Å². The molecule has 0 saturated heterocycles. The Balaban J connectivity index is 3.19. The number of ketones is 1. The van der Waals surface area contributed by atoms with Gasteiger partial charge in [0, 0.05) is 0 Å². The number of hydrogen-bond acceptors (Lipinski definition) is 7. The standard InChI is InChI=1S/C15H23O7P/c1-6-21-23(17,22-7-2)10-12(16)11-8-9-13(18-3)15(20-5)14(11)19-4/h8-9H,6-7,10H2,1-5H3. The molecule has 0 aromatic heterocycles. The average Bonchev–Trinajstić information content (AvgIpc) is 2.53. The molecule has 23 heavy (non-hydrogen) atoms. The van der Waals surface area contributed by atoms with Gasteiger partial charge in [-0.2, -0.15) is 0 Å². The summed E-state index contributed by atoms with van der Waals surface area (Å²) in [6.07, 6.45) is -0.374. The van der Waals surface area contributed by atoms with Crippen molar-refractivity contribution in [3.05, 3.63) is 17.7 Å². The van der Waals surface area contributed by atoms with Crippen LogP contribution in [0.25, 0.3) is 0 Å². The van der Waals surface area contributed by atoms with Crippen LogP contribution in [0.15, 0.2) is 12.1 Å². The van der Waals surface area contributed by atoms with Gasteiger partial charge in [0.05, 0.1) is 40.1 Å². The van der Waals surface area contributed by atoms with Crippen LogP contribution in [0, 0.1) is 0 Å². The summed E-state index contributed by atoms with van der Waals surface area (Å²) in [5.74, 6) is 0.520. The molecule has 130 valence electrons. The maximum atomic E-state index is 12.5. The summed E-state index contributed by atoms with van der Waals surface area (Å²) in [4.78, 5) is 12.5. The van der Waals surface area contributed by atoms with E-state index in [0.717, 1.165) is 0 Å². The van der Waals surface area contributed by atoms with Crippen molar-refractivity contribution in [2.45, 2.75) is 13.8 Å². The quantitative estimate of drug-likeness (QED) is 0.475. The number of carbonyl (C=O) groups is 1. The second-order valence-electron chi connectivity index (χ2n) is 4.41. The van der Waals surface area contributed by atoms with Crippen LogP contribution < -0.4 is 14.2 Å². The van der Waals surface area contributed by atoms with E-state index < -0.39 is 13.4 Å². The van der Waals surface area contributed by atoms with E-state index in [1.54, 1.807) is 19.9 Å². The van der Waals surface area contributed by atoms with Crippen LogP contribution in [0.2, 0.25) is 0 Å². The van der Waals surface area contributed by atoms with Gasteiger partial charge in [-0.1, -0.05) is 0 Å². The smallest absolute Gasteiger partial charge is 0.338 e. The fourth-order valence-corrected chi connectivity index (χ4v) is 3.67. The van der Waals surface area contributed by atoms with Crippen molar-refractivity contribution < 1.29 is 32.6 Å². The van der Waals surface area contributed by atoms with Crippen LogP contribution in [0.3, 0.4) is 0 Å². The van der Waals surface area contributed by atoms with Crippen LogP contribution in [0.5, 0.6) is 17.2 Å².